The SMILES string of the molecule is O=C=Nc1ccc2c(Br)nsc2n1. The molecule has 4 nitrogen and oxygen atoms in total. The van der Waals surface area contributed by atoms with Gasteiger partial charge in [-0.1, -0.05) is 0 Å². The molecule has 0 spiro atoms. The number of hydrogen-bond donors (Lipinski definition) is 0. The molecule has 0 amide bonds. The fraction of sp³-hybridized carbons (Fsp3) is 0. The van der Waals surface area contributed by atoms with Crippen molar-refractivity contribution in [2.75, 3.05) is 0 Å². The molecule has 0 saturated carbocycles. The van der Waals surface area contributed by atoms with Gasteiger partial charge >= 0.3 is 0 Å². The van der Waals surface area contributed by atoms with Gasteiger partial charge in [0.05, 0.1) is 0 Å². The van der Waals surface area contributed by atoms with Gasteiger partial charge in [0, 0.05) is 5.39 Å². The van der Waals surface area contributed by atoms with Crippen LogP contribution in [0.25, 0.3) is 10.2 Å². The minimum Gasteiger partial charge on any atom is -0.215 e. The van der Waals surface area contributed by atoms with Crippen molar-refractivity contribution in [1.29, 1.82) is 0 Å². The smallest absolute Gasteiger partial charge is 0.215 e. The van der Waals surface area contributed by atoms with Crippen molar-refractivity contribution < 1.29 is 4.79 Å². The molecule has 0 aliphatic heterocycles. The Morgan fingerprint density at radius 3 is 3.15 bits per heavy atom. The van der Waals surface area contributed by atoms with E-state index in [4.69, 9.17) is 0 Å². The van der Waals surface area contributed by atoms with E-state index >= 15 is 0 Å². The summed E-state index contributed by atoms with van der Waals surface area (Å²) < 4.78 is 4.82. The summed E-state index contributed by atoms with van der Waals surface area (Å²) >= 11 is 4.54. The van der Waals surface area contributed by atoms with Crippen molar-refractivity contribution >= 4 is 49.6 Å². The predicted molar refractivity (Wildman–Crippen MR) is 52.9 cm³/mol. The maximum atomic E-state index is 9.96. The first-order valence-electron chi connectivity index (χ1n) is 3.31. The van der Waals surface area contributed by atoms with Crippen LogP contribution in [0.4, 0.5) is 5.82 Å². The number of isocyanates is 1. The van der Waals surface area contributed by atoms with Crippen LogP contribution >= 0.6 is 27.5 Å². The van der Waals surface area contributed by atoms with E-state index in [0.29, 0.717) is 5.82 Å². The molecular weight excluding hydrogens is 254 g/mol. The van der Waals surface area contributed by atoms with Crippen molar-refractivity contribution in [3.05, 3.63) is 16.7 Å². The first-order valence-corrected chi connectivity index (χ1v) is 4.87. The summed E-state index contributed by atoms with van der Waals surface area (Å²) in [5, 5.41) is 0.926. The molecule has 2 aromatic rings. The lowest BCUT2D eigenvalue weighted by Crippen LogP contribution is -1.72. The number of rotatable bonds is 1. The van der Waals surface area contributed by atoms with Gasteiger partial charge in [-0.2, -0.15) is 4.37 Å². The Morgan fingerprint density at radius 2 is 2.38 bits per heavy atom. The number of nitrogens with zero attached hydrogens (tertiary/aromatic N) is 3. The Kier molecular flexibility index (Phi) is 2.18. The lowest BCUT2D eigenvalue weighted by molar-refractivity contribution is 0.565. The number of hydrogen-bond acceptors (Lipinski definition) is 5. The van der Waals surface area contributed by atoms with Crippen molar-refractivity contribution in [3.8, 4) is 0 Å². The van der Waals surface area contributed by atoms with Crippen molar-refractivity contribution in [3.63, 3.8) is 0 Å². The van der Waals surface area contributed by atoms with Gasteiger partial charge in [-0.25, -0.2) is 9.78 Å². The average Bonchev–Trinajstić information content (AvgIpc) is 2.48. The van der Waals surface area contributed by atoms with E-state index in [-0.39, 0.29) is 0 Å². The monoisotopic (exact) mass is 255 g/mol. The molecule has 0 saturated heterocycles. The van der Waals surface area contributed by atoms with E-state index < -0.39 is 0 Å². The molecule has 0 aliphatic rings. The van der Waals surface area contributed by atoms with Crippen LogP contribution in [0.15, 0.2) is 21.7 Å². The third kappa shape index (κ3) is 1.51. The van der Waals surface area contributed by atoms with E-state index in [0.717, 1.165) is 14.8 Å². The highest BCUT2D eigenvalue weighted by Gasteiger charge is 2.04. The first kappa shape index (κ1) is 8.50. The zero-order chi connectivity index (χ0) is 9.26. The summed E-state index contributed by atoms with van der Waals surface area (Å²) in [6, 6.07) is 3.46. The van der Waals surface area contributed by atoms with Gasteiger partial charge in [-0.05, 0) is 39.6 Å². The number of halogens is 1. The summed E-state index contributed by atoms with van der Waals surface area (Å²) in [4.78, 5) is 18.2. The summed E-state index contributed by atoms with van der Waals surface area (Å²) in [5.74, 6) is 0.360. The number of pyridine rings is 1. The van der Waals surface area contributed by atoms with E-state index in [1.54, 1.807) is 6.07 Å². The topological polar surface area (TPSA) is 55.2 Å². The zero-order valence-corrected chi connectivity index (χ0v) is 8.59. The molecule has 0 atom stereocenters. The Bertz CT molecular complexity index is 503. The summed E-state index contributed by atoms with van der Waals surface area (Å²) in [7, 11) is 0. The van der Waals surface area contributed by atoms with Gasteiger partial charge in [0.2, 0.25) is 6.08 Å². The average molecular weight is 256 g/mol. The fourth-order valence-corrected chi connectivity index (χ4v) is 2.23. The molecule has 13 heavy (non-hydrogen) atoms. The lowest BCUT2D eigenvalue weighted by Gasteiger charge is -1.89. The van der Waals surface area contributed by atoms with Crippen LogP contribution in [0.5, 0.6) is 0 Å². The van der Waals surface area contributed by atoms with Crippen molar-refractivity contribution in [1.82, 2.24) is 9.36 Å². The molecule has 0 radical (unpaired) electrons. The van der Waals surface area contributed by atoms with Gasteiger partial charge < -0.3 is 0 Å². The molecular formula is C7H2BrN3OS. The molecule has 2 rings (SSSR count). The molecule has 2 heterocycles. The number of aliphatic imine (C=N–C) groups is 1. The summed E-state index contributed by atoms with van der Waals surface area (Å²) in [6.45, 7) is 0. The van der Waals surface area contributed by atoms with Gasteiger partial charge in [0.15, 0.2) is 5.82 Å². The Labute approximate surface area is 85.6 Å². The van der Waals surface area contributed by atoms with Crippen molar-refractivity contribution in [2.45, 2.75) is 0 Å². The van der Waals surface area contributed by atoms with Crippen LogP contribution in [0.2, 0.25) is 0 Å². The zero-order valence-electron chi connectivity index (χ0n) is 6.19. The van der Waals surface area contributed by atoms with Crippen LogP contribution in [-0.4, -0.2) is 15.4 Å². The molecule has 0 N–H and O–H groups in total. The Hall–Kier alpha value is -1.10. The van der Waals surface area contributed by atoms with Crippen LogP contribution in [0.1, 0.15) is 0 Å². The van der Waals surface area contributed by atoms with Gasteiger partial charge in [-0.15, -0.1) is 4.99 Å². The lowest BCUT2D eigenvalue weighted by atomic mass is 10.4. The van der Waals surface area contributed by atoms with Gasteiger partial charge in [-0.3, -0.25) is 0 Å². The summed E-state index contributed by atoms with van der Waals surface area (Å²) in [5.41, 5.74) is 0. The number of carbonyl (C=O) groups excluding carboxylic acids is 1. The standard InChI is InChI=1S/C7H2BrN3OS/c8-6-4-1-2-5(9-3-12)10-7(4)13-11-6/h1-2H. The molecule has 0 bridgehead atoms. The maximum absolute atomic E-state index is 9.96. The number of aromatic nitrogens is 2. The quantitative estimate of drug-likeness (QED) is 0.581. The van der Waals surface area contributed by atoms with Crippen LogP contribution < -0.4 is 0 Å². The van der Waals surface area contributed by atoms with Gasteiger partial charge in [0.25, 0.3) is 0 Å². The predicted octanol–water partition coefficient (Wildman–Crippen LogP) is 2.42. The molecule has 6 heteroatoms. The molecule has 0 fully saturated rings. The minimum absolute atomic E-state index is 0.360. The molecule has 0 aromatic carbocycles. The first-order chi connectivity index (χ1) is 6.31. The normalized spacial score (nSPS) is 9.92. The fourth-order valence-electron chi connectivity index (χ4n) is 0.899. The van der Waals surface area contributed by atoms with E-state index in [1.165, 1.54) is 17.6 Å². The van der Waals surface area contributed by atoms with E-state index in [2.05, 4.69) is 30.3 Å². The maximum Gasteiger partial charge on any atom is 0.242 e. The van der Waals surface area contributed by atoms with Gasteiger partial charge in [0.1, 0.15) is 9.43 Å². The molecule has 64 valence electrons. The second-order valence-corrected chi connectivity index (χ2v) is 3.70. The molecule has 0 unspecified atom stereocenters. The Balaban J connectivity index is 2.69. The minimum atomic E-state index is 0.360. The second-order valence-electron chi connectivity index (χ2n) is 2.20. The molecule has 2 aromatic heterocycles. The van der Waals surface area contributed by atoms with Crippen LogP contribution in [0, 0.1) is 0 Å². The highest BCUT2D eigenvalue weighted by atomic mass is 79.9. The second kappa shape index (κ2) is 3.33. The van der Waals surface area contributed by atoms with Crippen molar-refractivity contribution in [2.24, 2.45) is 4.99 Å². The highest BCUT2D eigenvalue weighted by Crippen LogP contribution is 2.26. The highest BCUT2D eigenvalue weighted by molar-refractivity contribution is 9.10. The third-order valence-electron chi connectivity index (χ3n) is 1.44. The largest absolute Gasteiger partial charge is 0.242 e. The van der Waals surface area contributed by atoms with E-state index in [9.17, 15) is 4.79 Å². The Morgan fingerprint density at radius 1 is 1.54 bits per heavy atom. The number of fused-ring (bicyclic) bond motifs is 1. The third-order valence-corrected chi connectivity index (χ3v) is 3.04. The molecule has 0 aliphatic carbocycles. The van der Waals surface area contributed by atoms with Crippen LogP contribution in [-0.2, 0) is 4.79 Å². The summed E-state index contributed by atoms with van der Waals surface area (Å²) in [6.07, 6.45) is 1.44. The van der Waals surface area contributed by atoms with E-state index in [1.807, 2.05) is 6.07 Å². The van der Waals surface area contributed by atoms with Crippen LogP contribution in [0.3, 0.4) is 0 Å².